The van der Waals surface area contributed by atoms with E-state index in [0.717, 1.165) is 21.9 Å². The van der Waals surface area contributed by atoms with Crippen LogP contribution in [0, 0.1) is 13.8 Å². The molecule has 28 heavy (non-hydrogen) atoms. The Labute approximate surface area is 167 Å². The molecule has 0 saturated carbocycles. The van der Waals surface area contributed by atoms with Gasteiger partial charge >= 0.3 is 0 Å². The lowest BCUT2D eigenvalue weighted by Gasteiger charge is -2.31. The number of piperazine rings is 1. The smallest absolute Gasteiger partial charge is 0.243 e. The van der Waals surface area contributed by atoms with Crippen molar-refractivity contribution in [3.63, 3.8) is 0 Å². The summed E-state index contributed by atoms with van der Waals surface area (Å²) in [4.78, 5) is 14.3. The van der Waals surface area contributed by atoms with Gasteiger partial charge in [0, 0.05) is 23.0 Å². The summed E-state index contributed by atoms with van der Waals surface area (Å²) in [6.07, 6.45) is 0. The Morgan fingerprint density at radius 3 is 2.25 bits per heavy atom. The quantitative estimate of drug-likeness (QED) is 0.742. The van der Waals surface area contributed by atoms with Crippen LogP contribution in [-0.4, -0.2) is 55.8 Å². The summed E-state index contributed by atoms with van der Waals surface area (Å²) in [6, 6.07) is 10.8. The maximum Gasteiger partial charge on any atom is 0.243 e. The Bertz CT molecular complexity index is 941. The standard InChI is InChI=1S/C21H29N3O3S/c1-16(2)24-17(3)14-20(18(24)4)21(25)15-22-10-12-23(13-11-22)28(26,27)19-8-6-5-7-9-19/h5-9,14,16H,10-13,15H2,1-4H3/p+1. The minimum Gasteiger partial charge on any atom is -0.346 e. The van der Waals surface area contributed by atoms with Gasteiger partial charge in [-0.15, -0.1) is 0 Å². The second-order valence-electron chi connectivity index (χ2n) is 7.82. The number of benzene rings is 1. The highest BCUT2D eigenvalue weighted by Crippen LogP contribution is 2.20. The van der Waals surface area contributed by atoms with E-state index in [2.05, 4.69) is 18.4 Å². The summed E-state index contributed by atoms with van der Waals surface area (Å²) in [7, 11) is -3.45. The summed E-state index contributed by atoms with van der Waals surface area (Å²) >= 11 is 0. The molecule has 152 valence electrons. The number of ketones is 1. The van der Waals surface area contributed by atoms with Crippen molar-refractivity contribution >= 4 is 15.8 Å². The van der Waals surface area contributed by atoms with Gasteiger partial charge in [0.05, 0.1) is 31.1 Å². The molecule has 1 aliphatic heterocycles. The number of quaternary nitrogens is 1. The molecule has 1 aromatic carbocycles. The number of nitrogens with zero attached hydrogens (tertiary/aromatic N) is 2. The van der Waals surface area contributed by atoms with Crippen LogP contribution in [0.25, 0.3) is 0 Å². The number of carbonyl (C=O) groups is 1. The molecule has 0 unspecified atom stereocenters. The van der Waals surface area contributed by atoms with Crippen molar-refractivity contribution in [1.82, 2.24) is 8.87 Å². The monoisotopic (exact) mass is 404 g/mol. The molecular weight excluding hydrogens is 374 g/mol. The SMILES string of the molecule is Cc1cc(C(=O)C[NH+]2CCN(S(=O)(=O)c3ccccc3)CC2)c(C)n1C(C)C. The predicted molar refractivity (Wildman–Crippen MR) is 109 cm³/mol. The number of sulfonamides is 1. The first-order chi connectivity index (χ1) is 13.2. The molecule has 1 fully saturated rings. The Hall–Kier alpha value is -1.96. The van der Waals surface area contributed by atoms with Crippen LogP contribution in [0.4, 0.5) is 0 Å². The molecule has 1 saturated heterocycles. The van der Waals surface area contributed by atoms with E-state index in [0.29, 0.717) is 43.7 Å². The fraction of sp³-hybridized carbons (Fsp3) is 0.476. The van der Waals surface area contributed by atoms with Gasteiger partial charge in [-0.2, -0.15) is 4.31 Å². The molecule has 6 nitrogen and oxygen atoms in total. The highest BCUT2D eigenvalue weighted by Gasteiger charge is 2.31. The molecule has 2 heterocycles. The zero-order valence-corrected chi connectivity index (χ0v) is 17.9. The minimum absolute atomic E-state index is 0.134. The molecule has 2 aromatic rings. The second kappa shape index (κ2) is 8.19. The topological polar surface area (TPSA) is 63.8 Å². The maximum absolute atomic E-state index is 12.9. The average molecular weight is 405 g/mol. The van der Waals surface area contributed by atoms with Gasteiger partial charge in [0.15, 0.2) is 0 Å². The van der Waals surface area contributed by atoms with Crippen molar-refractivity contribution in [1.29, 1.82) is 0 Å². The van der Waals surface area contributed by atoms with Gasteiger partial charge in [-0.1, -0.05) is 18.2 Å². The van der Waals surface area contributed by atoms with Crippen molar-refractivity contribution in [3.8, 4) is 0 Å². The summed E-state index contributed by atoms with van der Waals surface area (Å²) < 4.78 is 29.2. The molecule has 1 N–H and O–H groups in total. The van der Waals surface area contributed by atoms with Gasteiger partial charge in [-0.25, -0.2) is 8.42 Å². The molecule has 0 radical (unpaired) electrons. The van der Waals surface area contributed by atoms with Crippen LogP contribution in [0.5, 0.6) is 0 Å². The van der Waals surface area contributed by atoms with E-state index in [4.69, 9.17) is 0 Å². The van der Waals surface area contributed by atoms with Gasteiger partial charge in [-0.3, -0.25) is 4.79 Å². The molecule has 1 aromatic heterocycles. The fourth-order valence-electron chi connectivity index (χ4n) is 4.14. The molecular formula is C21H30N3O3S+. The third kappa shape index (κ3) is 4.06. The number of hydrogen-bond donors (Lipinski definition) is 1. The third-order valence-corrected chi connectivity index (χ3v) is 7.44. The molecule has 0 aliphatic carbocycles. The first kappa shape index (κ1) is 20.8. The fourth-order valence-corrected chi connectivity index (χ4v) is 5.60. The first-order valence-corrected chi connectivity index (χ1v) is 11.3. The minimum atomic E-state index is -3.45. The maximum atomic E-state index is 12.9. The van der Waals surface area contributed by atoms with Crippen molar-refractivity contribution < 1.29 is 18.1 Å². The molecule has 0 atom stereocenters. The molecule has 7 heteroatoms. The van der Waals surface area contributed by atoms with E-state index in [1.807, 2.05) is 26.0 Å². The average Bonchev–Trinajstić information content (AvgIpc) is 2.97. The van der Waals surface area contributed by atoms with Crippen molar-refractivity contribution in [2.75, 3.05) is 32.7 Å². The number of rotatable bonds is 6. The van der Waals surface area contributed by atoms with Gasteiger partial charge in [0.1, 0.15) is 6.54 Å². The van der Waals surface area contributed by atoms with Gasteiger partial charge in [-0.05, 0) is 45.9 Å². The molecule has 0 spiro atoms. The van der Waals surface area contributed by atoms with E-state index in [1.165, 1.54) is 4.31 Å². The summed E-state index contributed by atoms with van der Waals surface area (Å²) in [5.41, 5.74) is 2.91. The van der Waals surface area contributed by atoms with Crippen molar-refractivity contribution in [2.45, 2.75) is 38.6 Å². The highest BCUT2D eigenvalue weighted by atomic mass is 32.2. The number of hydrogen-bond acceptors (Lipinski definition) is 3. The van der Waals surface area contributed by atoms with Crippen molar-refractivity contribution in [3.05, 3.63) is 53.3 Å². The Morgan fingerprint density at radius 2 is 1.71 bits per heavy atom. The summed E-state index contributed by atoms with van der Waals surface area (Å²) in [5.74, 6) is 0.134. The van der Waals surface area contributed by atoms with Crippen LogP contribution in [0.2, 0.25) is 0 Å². The van der Waals surface area contributed by atoms with E-state index in [-0.39, 0.29) is 5.78 Å². The number of nitrogens with one attached hydrogen (secondary N) is 1. The molecule has 3 rings (SSSR count). The highest BCUT2D eigenvalue weighted by molar-refractivity contribution is 7.89. The van der Waals surface area contributed by atoms with E-state index < -0.39 is 10.0 Å². The lowest BCUT2D eigenvalue weighted by molar-refractivity contribution is -0.895. The van der Waals surface area contributed by atoms with Crippen molar-refractivity contribution in [2.24, 2.45) is 0 Å². The zero-order valence-electron chi connectivity index (χ0n) is 17.1. The number of Topliss-reactive ketones (excluding diaryl/α,β-unsaturated/α-hetero) is 1. The van der Waals surface area contributed by atoms with Crippen LogP contribution in [0.15, 0.2) is 41.3 Å². The van der Waals surface area contributed by atoms with Gasteiger partial charge in [0.25, 0.3) is 0 Å². The molecule has 1 aliphatic rings. The lowest BCUT2D eigenvalue weighted by Crippen LogP contribution is -3.15. The molecule has 0 amide bonds. The van der Waals surface area contributed by atoms with Crippen LogP contribution in [-0.2, 0) is 10.0 Å². The lowest BCUT2D eigenvalue weighted by atomic mass is 10.1. The summed E-state index contributed by atoms with van der Waals surface area (Å²) in [6.45, 7) is 10.8. The Morgan fingerprint density at radius 1 is 1.11 bits per heavy atom. The van der Waals surface area contributed by atoms with Crippen LogP contribution < -0.4 is 4.90 Å². The van der Waals surface area contributed by atoms with Crippen LogP contribution in [0.1, 0.15) is 41.6 Å². The van der Waals surface area contributed by atoms with Gasteiger partial charge in [0.2, 0.25) is 15.8 Å². The Kier molecular flexibility index (Phi) is 6.07. The summed E-state index contributed by atoms with van der Waals surface area (Å²) in [5, 5.41) is 0. The third-order valence-electron chi connectivity index (χ3n) is 5.52. The van der Waals surface area contributed by atoms with E-state index >= 15 is 0 Å². The largest absolute Gasteiger partial charge is 0.346 e. The normalized spacial score (nSPS) is 16.6. The number of aromatic nitrogens is 1. The Balaban J connectivity index is 1.63. The van der Waals surface area contributed by atoms with E-state index in [1.54, 1.807) is 24.3 Å². The second-order valence-corrected chi connectivity index (χ2v) is 9.75. The predicted octanol–water partition coefficient (Wildman–Crippen LogP) is 1.46. The zero-order chi connectivity index (χ0) is 20.5. The first-order valence-electron chi connectivity index (χ1n) is 9.82. The van der Waals surface area contributed by atoms with Gasteiger partial charge < -0.3 is 9.47 Å². The van der Waals surface area contributed by atoms with E-state index in [9.17, 15) is 13.2 Å². The number of carbonyl (C=O) groups excluding carboxylic acids is 1. The van der Waals surface area contributed by atoms with Crippen LogP contribution >= 0.6 is 0 Å². The van der Waals surface area contributed by atoms with Crippen LogP contribution in [0.3, 0.4) is 0 Å². The number of aryl methyl sites for hydroxylation is 1. The molecule has 0 bridgehead atoms.